The highest BCUT2D eigenvalue weighted by molar-refractivity contribution is 6.13. The Morgan fingerprint density at radius 2 is 1.19 bits per heavy atom. The largest absolute Gasteiger partial charge is 0.497 e. The van der Waals surface area contributed by atoms with Crippen LogP contribution in [0, 0.1) is 32.1 Å². The monoisotopic (exact) mass is 1530 g/mol. The van der Waals surface area contributed by atoms with E-state index in [-0.39, 0.29) is 131 Å². The van der Waals surface area contributed by atoms with Gasteiger partial charge < -0.3 is 113 Å². The molecule has 0 aliphatic carbocycles. The van der Waals surface area contributed by atoms with Crippen LogP contribution in [-0.4, -0.2) is 209 Å². The van der Waals surface area contributed by atoms with E-state index in [0.29, 0.717) is 17.2 Å². The molecule has 0 radical (unpaired) electrons. The van der Waals surface area contributed by atoms with Crippen molar-refractivity contribution in [2.45, 2.75) is 172 Å². The van der Waals surface area contributed by atoms with E-state index in [9.17, 15) is 87.7 Å². The maximum absolute atomic E-state index is 14.8. The molecule has 1 aromatic heterocycles. The minimum Gasteiger partial charge on any atom is -0.497 e. The Morgan fingerprint density at radius 1 is 0.651 bits per heavy atom. The molecular formula is C66H99N23O20. The number of carbonyl (C=O) groups is 12. The van der Waals surface area contributed by atoms with E-state index in [4.69, 9.17) is 55.0 Å². The summed E-state index contributed by atoms with van der Waals surface area (Å²) in [4.78, 5) is 214. The molecule has 598 valence electrons. The molecule has 1 fully saturated rings. The molecule has 43 nitrogen and oxygen atoms in total. The molecule has 2 heterocycles. The summed E-state index contributed by atoms with van der Waals surface area (Å²) < 4.78 is 10.6. The van der Waals surface area contributed by atoms with Gasteiger partial charge in [-0.15, -0.1) is 0 Å². The number of primary amides is 1. The maximum atomic E-state index is 14.8. The fourth-order valence-electron chi connectivity index (χ4n) is 11.4. The fourth-order valence-corrected chi connectivity index (χ4v) is 11.4. The summed E-state index contributed by atoms with van der Waals surface area (Å²) in [6, 6.07) is -4.13. The number of ketones is 1. The number of carbonyl (C=O) groups excluding carboxylic acids is 11. The summed E-state index contributed by atoms with van der Waals surface area (Å²) in [7, 11) is 1.41. The third-order valence-electron chi connectivity index (χ3n) is 17.0. The van der Waals surface area contributed by atoms with Crippen LogP contribution in [0.1, 0.15) is 117 Å². The number of hydrogen-bond acceptors (Lipinski definition) is 24. The van der Waals surface area contributed by atoms with Crippen molar-refractivity contribution in [2.24, 2.45) is 72.7 Å². The van der Waals surface area contributed by atoms with Crippen molar-refractivity contribution in [1.82, 2.24) is 47.4 Å². The van der Waals surface area contributed by atoms with Crippen LogP contribution in [0.15, 0.2) is 66.7 Å². The lowest BCUT2D eigenvalue weighted by Gasteiger charge is -2.34. The van der Waals surface area contributed by atoms with E-state index in [1.54, 1.807) is 39.8 Å². The van der Waals surface area contributed by atoms with E-state index < -0.39 is 190 Å². The number of guanidine groups is 3. The van der Waals surface area contributed by atoms with Crippen LogP contribution in [0.4, 0.5) is 17.1 Å². The highest BCUT2D eigenvalue weighted by Gasteiger charge is 2.48. The number of nitro benzene ring substituents is 2. The van der Waals surface area contributed by atoms with Crippen molar-refractivity contribution in [3.63, 3.8) is 0 Å². The molecular weight excluding hydrogens is 1430 g/mol. The Morgan fingerprint density at radius 3 is 1.75 bits per heavy atom. The molecule has 10 amide bonds. The molecule has 2 aromatic carbocycles. The zero-order valence-electron chi connectivity index (χ0n) is 61.3. The molecule has 1 aliphatic rings. The number of benzene rings is 2. The molecule has 0 spiro atoms. The zero-order valence-corrected chi connectivity index (χ0v) is 61.3. The highest BCUT2D eigenvalue weighted by Crippen LogP contribution is 2.31. The van der Waals surface area contributed by atoms with Gasteiger partial charge in [0, 0.05) is 69.2 Å². The van der Waals surface area contributed by atoms with Gasteiger partial charge in [0.15, 0.2) is 29.2 Å². The van der Waals surface area contributed by atoms with Gasteiger partial charge in [-0.2, -0.15) is 0 Å². The molecule has 109 heavy (non-hydrogen) atoms. The van der Waals surface area contributed by atoms with Gasteiger partial charge in [-0.3, -0.25) is 92.7 Å². The van der Waals surface area contributed by atoms with Gasteiger partial charge in [0.2, 0.25) is 53.2 Å². The Balaban J connectivity index is 1.59. The van der Waals surface area contributed by atoms with E-state index in [0.717, 1.165) is 30.0 Å². The first-order valence-corrected chi connectivity index (χ1v) is 34.7. The van der Waals surface area contributed by atoms with Crippen molar-refractivity contribution in [3.05, 3.63) is 78.7 Å². The van der Waals surface area contributed by atoms with Crippen molar-refractivity contribution in [1.29, 1.82) is 0 Å². The van der Waals surface area contributed by atoms with Crippen LogP contribution in [-0.2, 0) is 64.0 Å². The Labute approximate surface area is 624 Å². The van der Waals surface area contributed by atoms with E-state index in [1.807, 2.05) is 0 Å². The lowest BCUT2D eigenvalue weighted by Crippen LogP contribution is -2.63. The molecule has 0 saturated carbocycles. The fraction of sp³-hybridized carbons (Fsp3) is 0.545. The van der Waals surface area contributed by atoms with Crippen LogP contribution < -0.4 is 104 Å². The van der Waals surface area contributed by atoms with Crippen LogP contribution in [0.5, 0.6) is 5.75 Å². The summed E-state index contributed by atoms with van der Waals surface area (Å²) in [5.74, 6) is -13.5. The second kappa shape index (κ2) is 42.7. The molecule has 9 atom stereocenters. The van der Waals surface area contributed by atoms with E-state index in [2.05, 4.69) is 62.8 Å². The summed E-state index contributed by atoms with van der Waals surface area (Å²) in [6.45, 7) is 6.19. The molecule has 0 unspecified atom stereocenters. The number of likely N-dealkylation sites (tertiary alicyclic amines) is 1. The SMILES string of the molecule is COc1ccc2c(CC(=O)[C@](N)(CCCN=C(N)N)C(=O)N3CCC[C@H]3C(=O)N[C@@H](CC(C)C)C(=O)NCC(=O)N[C@@H](CC(C)C)C(=O)N[C@@H](CNc3ccc([N+](=O)[O-])cc3[N+](=O)[O-])C(=O)N[C@@H](C)C(=O)N[C@@H](CCCN=C(N)N)C(=O)N[C@@H](CCC(=O)O)C(=O)N[C@H](CCCN=C(N)N)C(N)=O)cc(=O)oc2c1. The minimum atomic E-state index is -2.32. The van der Waals surface area contributed by atoms with Crippen molar-refractivity contribution in [3.8, 4) is 5.75 Å². The van der Waals surface area contributed by atoms with Crippen LogP contribution >= 0.6 is 0 Å². The number of nitrogens with one attached hydrogen (secondary N) is 9. The number of amides is 10. The van der Waals surface area contributed by atoms with Crippen LogP contribution in [0.25, 0.3) is 11.0 Å². The number of ether oxygens (including phenoxy) is 1. The standard InChI is InChI=1S/C66H99N23O20/c1-33(2)25-44(85-61(102)47-13-9-24-87(47)62(103)66(74,20-10-23-77-65(72)73)50(90)27-36-28-53(94)109-49-30-38(108-6)15-16-39(36)49)56(97)79-32-51(91)81-45(26-34(3)4)59(100)86-46(31-78-40-17-14-37(88(104)105)29-48(40)89(106)107)60(101)80-35(5)55(96)83-42(12-8-22-76-64(70)71)57(98)84-43(18-19-52(92)93)58(99)82-41(54(67)95)11-7-21-75-63(68)69/h14-17,28-30,33-35,41-47,78H,7-13,18-27,31-32,74H2,1-6H3,(H2,67,95)(H,79,97)(H,80,101)(H,81,91)(H,82,99)(H,83,96)(H,84,98)(H,85,102)(H,86,100)(H,92,93)(H4,68,69,75)(H4,70,71,76)(H4,72,73,77)/t35-,41+,42-,43-,44-,45-,46-,47-,66+/m0/s1. The number of hydrogen-bond donors (Lipinski definition) is 18. The number of aliphatic imine (C=N–C) groups is 3. The molecule has 26 N–H and O–H groups in total. The van der Waals surface area contributed by atoms with Gasteiger partial charge in [-0.05, 0) is 113 Å². The maximum Gasteiger partial charge on any atom is 0.336 e. The zero-order chi connectivity index (χ0) is 81.6. The number of methoxy groups -OCH3 is 1. The van der Waals surface area contributed by atoms with Crippen molar-refractivity contribution < 1.29 is 81.6 Å². The lowest BCUT2D eigenvalue weighted by molar-refractivity contribution is -0.393. The van der Waals surface area contributed by atoms with Crippen LogP contribution in [0.3, 0.4) is 0 Å². The minimum absolute atomic E-state index is 0.0158. The number of fused-ring (bicyclic) bond motifs is 1. The molecule has 1 aliphatic heterocycles. The molecule has 4 rings (SSSR count). The molecule has 43 heteroatoms. The second-order valence-electron chi connectivity index (χ2n) is 26.6. The number of Topliss-reactive ketones (excluding diaryl/α,β-unsaturated/α-hetero) is 1. The number of nitro groups is 2. The van der Waals surface area contributed by atoms with Gasteiger partial charge in [0.25, 0.3) is 17.3 Å². The van der Waals surface area contributed by atoms with Crippen molar-refractivity contribution >= 4 is 117 Å². The van der Waals surface area contributed by atoms with Gasteiger partial charge in [-0.1, -0.05) is 27.7 Å². The Hall–Kier alpha value is -12.3. The predicted octanol–water partition coefficient (Wildman–Crippen LogP) is -4.34. The summed E-state index contributed by atoms with van der Waals surface area (Å²) in [5.41, 5.74) is 40.4. The number of carboxylic acids is 1. The number of rotatable bonds is 46. The smallest absolute Gasteiger partial charge is 0.336 e. The highest BCUT2D eigenvalue weighted by atomic mass is 16.6. The number of nitrogens with zero attached hydrogens (tertiary/aromatic N) is 6. The third-order valence-corrected chi connectivity index (χ3v) is 17.0. The number of anilines is 1. The number of nitrogens with two attached hydrogens (primary N) is 8. The lowest BCUT2D eigenvalue weighted by atomic mass is 9.84. The number of aliphatic carboxylic acids is 1. The Kier molecular flexibility index (Phi) is 34.9. The van der Waals surface area contributed by atoms with Gasteiger partial charge in [0.1, 0.15) is 65.4 Å². The summed E-state index contributed by atoms with van der Waals surface area (Å²) >= 11 is 0. The number of carboxylic acid groups (broad SMARTS) is 1. The first kappa shape index (κ1) is 89.1. The average molecular weight is 1530 g/mol. The van der Waals surface area contributed by atoms with Gasteiger partial charge >= 0.3 is 11.6 Å². The predicted molar refractivity (Wildman–Crippen MR) is 395 cm³/mol. The summed E-state index contributed by atoms with van der Waals surface area (Å²) in [6.07, 6.45) is -2.14. The first-order chi connectivity index (χ1) is 51.2. The quantitative estimate of drug-likeness (QED) is 0.00484. The number of non-ortho nitro benzene ring substituents is 1. The topological polar surface area (TPSA) is 708 Å². The normalized spacial score (nSPS) is 14.9. The average Bonchev–Trinajstić information content (AvgIpc) is 1.77. The molecule has 3 aromatic rings. The van der Waals surface area contributed by atoms with Gasteiger partial charge in [-0.25, -0.2) is 4.79 Å². The van der Waals surface area contributed by atoms with Crippen LogP contribution in [0.2, 0.25) is 0 Å². The molecule has 0 bridgehead atoms. The van der Waals surface area contributed by atoms with E-state index in [1.165, 1.54) is 13.2 Å². The first-order valence-electron chi connectivity index (χ1n) is 34.7. The van der Waals surface area contributed by atoms with E-state index >= 15 is 0 Å². The second-order valence-corrected chi connectivity index (χ2v) is 26.6. The Bertz CT molecular complexity index is 3970. The van der Waals surface area contributed by atoms with Gasteiger partial charge in [0.05, 0.1) is 29.6 Å². The molecule has 1 saturated heterocycles. The third kappa shape index (κ3) is 28.8. The summed E-state index contributed by atoms with van der Waals surface area (Å²) in [5, 5.41) is 56.0. The van der Waals surface area contributed by atoms with Crippen molar-refractivity contribution in [2.75, 3.05) is 51.7 Å².